The molecule has 1 aliphatic heterocycles. The van der Waals surface area contributed by atoms with Gasteiger partial charge in [0.25, 0.3) is 5.91 Å². The average molecular weight is 327 g/mol. The summed E-state index contributed by atoms with van der Waals surface area (Å²) in [6.07, 6.45) is 2.02. The number of rotatable bonds is 3. The zero-order valence-corrected chi connectivity index (χ0v) is 12.6. The van der Waals surface area contributed by atoms with Crippen LogP contribution in [-0.4, -0.2) is 37.6 Å². The summed E-state index contributed by atoms with van der Waals surface area (Å²) in [7, 11) is 1.73. The molecule has 0 spiro atoms. The van der Waals surface area contributed by atoms with Gasteiger partial charge >= 0.3 is 0 Å². The predicted octanol–water partition coefficient (Wildman–Crippen LogP) is 2.53. The van der Waals surface area contributed by atoms with Gasteiger partial charge in [0.2, 0.25) is 0 Å². The SMILES string of the molecule is COCC1CCN(C(=O)c2ccc(N)c(Br)c2)CC1. The number of nitrogens with zero attached hydrogens (tertiary/aromatic N) is 1. The van der Waals surface area contributed by atoms with Crippen LogP contribution in [0.3, 0.4) is 0 Å². The fourth-order valence-electron chi connectivity index (χ4n) is 2.38. The summed E-state index contributed by atoms with van der Waals surface area (Å²) in [6.45, 7) is 2.39. The molecule has 4 nitrogen and oxygen atoms in total. The van der Waals surface area contributed by atoms with E-state index in [1.54, 1.807) is 25.3 Å². The first-order valence-corrected chi connectivity index (χ1v) is 7.24. The van der Waals surface area contributed by atoms with Crippen LogP contribution in [0.25, 0.3) is 0 Å². The number of piperidine rings is 1. The molecule has 5 heteroatoms. The highest BCUT2D eigenvalue weighted by Gasteiger charge is 2.23. The van der Waals surface area contributed by atoms with Crippen molar-refractivity contribution in [2.45, 2.75) is 12.8 Å². The third kappa shape index (κ3) is 3.48. The van der Waals surface area contributed by atoms with Crippen molar-refractivity contribution in [2.24, 2.45) is 5.92 Å². The molecule has 1 heterocycles. The van der Waals surface area contributed by atoms with E-state index in [1.165, 1.54) is 0 Å². The number of carbonyl (C=O) groups excluding carboxylic acids is 1. The number of likely N-dealkylation sites (tertiary alicyclic amines) is 1. The normalized spacial score (nSPS) is 16.6. The van der Waals surface area contributed by atoms with Crippen LogP contribution in [0.5, 0.6) is 0 Å². The Morgan fingerprint density at radius 3 is 2.74 bits per heavy atom. The maximum Gasteiger partial charge on any atom is 0.253 e. The van der Waals surface area contributed by atoms with Crippen LogP contribution in [-0.2, 0) is 4.74 Å². The summed E-state index contributed by atoms with van der Waals surface area (Å²) in [6, 6.07) is 5.33. The van der Waals surface area contributed by atoms with Gasteiger partial charge in [-0.05, 0) is 52.9 Å². The van der Waals surface area contributed by atoms with Gasteiger partial charge in [0.15, 0.2) is 0 Å². The summed E-state index contributed by atoms with van der Waals surface area (Å²) in [4.78, 5) is 14.3. The van der Waals surface area contributed by atoms with Crippen molar-refractivity contribution in [3.05, 3.63) is 28.2 Å². The number of hydrogen-bond acceptors (Lipinski definition) is 3. The van der Waals surface area contributed by atoms with Crippen molar-refractivity contribution in [1.29, 1.82) is 0 Å². The maximum atomic E-state index is 12.4. The predicted molar refractivity (Wildman–Crippen MR) is 79.1 cm³/mol. The molecule has 0 unspecified atom stereocenters. The molecule has 0 aliphatic carbocycles. The van der Waals surface area contributed by atoms with Crippen LogP contribution in [0.15, 0.2) is 22.7 Å². The van der Waals surface area contributed by atoms with Gasteiger partial charge in [0.1, 0.15) is 0 Å². The monoisotopic (exact) mass is 326 g/mol. The molecule has 2 N–H and O–H groups in total. The Morgan fingerprint density at radius 2 is 2.16 bits per heavy atom. The van der Waals surface area contributed by atoms with Gasteiger partial charge in [-0.3, -0.25) is 4.79 Å². The zero-order chi connectivity index (χ0) is 13.8. The van der Waals surface area contributed by atoms with Crippen molar-refractivity contribution < 1.29 is 9.53 Å². The lowest BCUT2D eigenvalue weighted by atomic mass is 9.97. The highest BCUT2D eigenvalue weighted by Crippen LogP contribution is 2.23. The van der Waals surface area contributed by atoms with Crippen LogP contribution in [0, 0.1) is 5.92 Å². The molecular weight excluding hydrogens is 308 g/mol. The van der Waals surface area contributed by atoms with Gasteiger partial charge in [0.05, 0.1) is 0 Å². The number of nitrogens with two attached hydrogens (primary N) is 1. The molecule has 1 fully saturated rings. The number of carbonyl (C=O) groups is 1. The number of amides is 1. The number of hydrogen-bond donors (Lipinski definition) is 1. The van der Waals surface area contributed by atoms with E-state index in [0.29, 0.717) is 17.2 Å². The maximum absolute atomic E-state index is 12.4. The first kappa shape index (κ1) is 14.3. The third-order valence-corrected chi connectivity index (χ3v) is 4.24. The molecule has 0 saturated carbocycles. The van der Waals surface area contributed by atoms with Crippen molar-refractivity contribution >= 4 is 27.5 Å². The minimum Gasteiger partial charge on any atom is -0.398 e. The Bertz CT molecular complexity index is 457. The molecule has 104 valence electrons. The average Bonchev–Trinajstić information content (AvgIpc) is 2.42. The first-order valence-electron chi connectivity index (χ1n) is 6.45. The number of nitrogen functional groups attached to an aromatic ring is 1. The van der Waals surface area contributed by atoms with Gasteiger partial charge in [-0.2, -0.15) is 0 Å². The molecule has 1 aromatic rings. The van der Waals surface area contributed by atoms with E-state index >= 15 is 0 Å². The summed E-state index contributed by atoms with van der Waals surface area (Å²) in [5.74, 6) is 0.656. The van der Waals surface area contributed by atoms with Crippen molar-refractivity contribution in [3.8, 4) is 0 Å². The number of benzene rings is 1. The number of ether oxygens (including phenoxy) is 1. The molecule has 1 aliphatic rings. The molecule has 19 heavy (non-hydrogen) atoms. The fourth-order valence-corrected chi connectivity index (χ4v) is 2.76. The highest BCUT2D eigenvalue weighted by molar-refractivity contribution is 9.10. The standard InChI is InChI=1S/C14H19BrN2O2/c1-19-9-10-4-6-17(7-5-10)14(18)11-2-3-13(16)12(15)8-11/h2-3,8,10H,4-7,9,16H2,1H3. The van der Waals surface area contributed by atoms with Crippen LogP contribution >= 0.6 is 15.9 Å². The number of halogens is 1. The zero-order valence-electron chi connectivity index (χ0n) is 11.1. The molecule has 1 aromatic carbocycles. The van der Waals surface area contributed by atoms with Crippen molar-refractivity contribution in [1.82, 2.24) is 4.90 Å². The van der Waals surface area contributed by atoms with Crippen LogP contribution in [0.1, 0.15) is 23.2 Å². The Labute approximate surface area is 122 Å². The van der Waals surface area contributed by atoms with Crippen molar-refractivity contribution in [2.75, 3.05) is 32.5 Å². The molecule has 0 aromatic heterocycles. The quantitative estimate of drug-likeness (QED) is 0.868. The van der Waals surface area contributed by atoms with Gasteiger partial charge < -0.3 is 15.4 Å². The molecular formula is C14H19BrN2O2. The minimum absolute atomic E-state index is 0.0802. The minimum atomic E-state index is 0.0802. The summed E-state index contributed by atoms with van der Waals surface area (Å²) in [5.41, 5.74) is 7.07. The van der Waals surface area contributed by atoms with E-state index in [-0.39, 0.29) is 5.91 Å². The summed E-state index contributed by atoms with van der Waals surface area (Å²) in [5, 5.41) is 0. The molecule has 0 radical (unpaired) electrons. The lowest BCUT2D eigenvalue weighted by Crippen LogP contribution is -2.39. The second kappa shape index (κ2) is 6.39. The molecule has 0 bridgehead atoms. The second-order valence-corrected chi connectivity index (χ2v) is 5.78. The van der Waals surface area contributed by atoms with Crippen LogP contribution in [0.2, 0.25) is 0 Å². The second-order valence-electron chi connectivity index (χ2n) is 4.93. The largest absolute Gasteiger partial charge is 0.398 e. The Morgan fingerprint density at radius 1 is 1.47 bits per heavy atom. The van der Waals surface area contributed by atoms with Crippen molar-refractivity contribution in [3.63, 3.8) is 0 Å². The van der Waals surface area contributed by atoms with Gasteiger partial charge in [-0.15, -0.1) is 0 Å². The highest BCUT2D eigenvalue weighted by atomic mass is 79.9. The van der Waals surface area contributed by atoms with Crippen LogP contribution in [0.4, 0.5) is 5.69 Å². The molecule has 0 atom stereocenters. The van der Waals surface area contributed by atoms with E-state index in [9.17, 15) is 4.79 Å². The number of methoxy groups -OCH3 is 1. The topological polar surface area (TPSA) is 55.6 Å². The van der Waals surface area contributed by atoms with E-state index < -0.39 is 0 Å². The summed E-state index contributed by atoms with van der Waals surface area (Å²) >= 11 is 3.36. The van der Waals surface area contributed by atoms with E-state index in [1.807, 2.05) is 4.90 Å². The number of anilines is 1. The van der Waals surface area contributed by atoms with Gasteiger partial charge in [-0.1, -0.05) is 0 Å². The third-order valence-electron chi connectivity index (χ3n) is 3.55. The van der Waals surface area contributed by atoms with Gasteiger partial charge in [0, 0.05) is 42.5 Å². The van der Waals surface area contributed by atoms with E-state index in [4.69, 9.17) is 10.5 Å². The molecule has 1 saturated heterocycles. The molecule has 2 rings (SSSR count). The Kier molecular flexibility index (Phi) is 4.82. The summed E-state index contributed by atoms with van der Waals surface area (Å²) < 4.78 is 5.94. The van der Waals surface area contributed by atoms with E-state index in [2.05, 4.69) is 15.9 Å². The molecule has 1 amide bonds. The first-order chi connectivity index (χ1) is 9.11. The smallest absolute Gasteiger partial charge is 0.253 e. The van der Waals surface area contributed by atoms with E-state index in [0.717, 1.165) is 37.0 Å². The Hall–Kier alpha value is -1.07. The lowest BCUT2D eigenvalue weighted by molar-refractivity contribution is 0.0613. The lowest BCUT2D eigenvalue weighted by Gasteiger charge is -2.31. The van der Waals surface area contributed by atoms with Gasteiger partial charge in [-0.25, -0.2) is 0 Å². The fraction of sp³-hybridized carbons (Fsp3) is 0.500. The Balaban J connectivity index is 1.99. The van der Waals surface area contributed by atoms with Crippen LogP contribution < -0.4 is 5.73 Å².